The fourth-order valence-corrected chi connectivity index (χ4v) is 4.26. The minimum atomic E-state index is -3.81. The standard InChI is InChI=1S/C19H22N2O4S/c1-13(2)20-19(22)18-12-21(16-6-4-5-7-17(16)25-18)26(23,24)15-10-8-14(3)9-11-15/h4-11,13,18H,12H2,1-3H3,(H,20,22)/t18-/m1/s1. The Kier molecular flexibility index (Phi) is 4.91. The summed E-state index contributed by atoms with van der Waals surface area (Å²) in [5, 5.41) is 2.78. The summed E-state index contributed by atoms with van der Waals surface area (Å²) < 4.78 is 33.4. The molecule has 1 atom stereocenters. The van der Waals surface area contributed by atoms with E-state index in [1.54, 1.807) is 48.5 Å². The van der Waals surface area contributed by atoms with Gasteiger partial charge in [0.2, 0.25) is 0 Å². The molecular weight excluding hydrogens is 352 g/mol. The van der Waals surface area contributed by atoms with Gasteiger partial charge in [0.25, 0.3) is 15.9 Å². The number of carbonyl (C=O) groups excluding carboxylic acids is 1. The van der Waals surface area contributed by atoms with Gasteiger partial charge in [-0.2, -0.15) is 0 Å². The van der Waals surface area contributed by atoms with Crippen LogP contribution in [-0.4, -0.2) is 33.0 Å². The van der Waals surface area contributed by atoms with E-state index in [2.05, 4.69) is 5.32 Å². The van der Waals surface area contributed by atoms with Gasteiger partial charge >= 0.3 is 0 Å². The average Bonchev–Trinajstić information content (AvgIpc) is 2.60. The van der Waals surface area contributed by atoms with Crippen molar-refractivity contribution >= 4 is 21.6 Å². The highest BCUT2D eigenvalue weighted by molar-refractivity contribution is 7.92. The number of ether oxygens (including phenoxy) is 1. The number of hydrogen-bond donors (Lipinski definition) is 1. The Morgan fingerprint density at radius 1 is 1.15 bits per heavy atom. The first-order valence-electron chi connectivity index (χ1n) is 8.44. The highest BCUT2D eigenvalue weighted by Crippen LogP contribution is 2.36. The van der Waals surface area contributed by atoms with Gasteiger partial charge in [-0.15, -0.1) is 0 Å². The van der Waals surface area contributed by atoms with Gasteiger partial charge in [-0.25, -0.2) is 8.42 Å². The lowest BCUT2D eigenvalue weighted by Crippen LogP contribution is -2.51. The van der Waals surface area contributed by atoms with E-state index in [4.69, 9.17) is 4.74 Å². The van der Waals surface area contributed by atoms with Gasteiger partial charge in [-0.3, -0.25) is 9.10 Å². The number of nitrogens with zero attached hydrogens (tertiary/aromatic N) is 1. The Labute approximate surface area is 153 Å². The smallest absolute Gasteiger partial charge is 0.264 e. The lowest BCUT2D eigenvalue weighted by Gasteiger charge is -2.35. The zero-order chi connectivity index (χ0) is 18.9. The molecule has 7 heteroatoms. The first kappa shape index (κ1) is 18.3. The fraction of sp³-hybridized carbons (Fsp3) is 0.316. The number of anilines is 1. The number of hydrogen-bond acceptors (Lipinski definition) is 4. The number of benzene rings is 2. The van der Waals surface area contributed by atoms with E-state index in [1.807, 2.05) is 20.8 Å². The first-order valence-corrected chi connectivity index (χ1v) is 9.88. The molecule has 1 heterocycles. The first-order chi connectivity index (χ1) is 12.3. The molecule has 0 saturated carbocycles. The molecule has 2 aromatic carbocycles. The number of amides is 1. The van der Waals surface area contributed by atoms with E-state index in [1.165, 1.54) is 4.31 Å². The van der Waals surface area contributed by atoms with Crippen LogP contribution in [0.1, 0.15) is 19.4 Å². The number of fused-ring (bicyclic) bond motifs is 1. The summed E-state index contributed by atoms with van der Waals surface area (Å²) in [6.07, 6.45) is -0.910. The highest BCUT2D eigenvalue weighted by atomic mass is 32.2. The number of rotatable bonds is 4. The second-order valence-corrected chi connectivity index (χ2v) is 8.45. The predicted octanol–water partition coefficient (Wildman–Crippen LogP) is 2.48. The molecule has 3 rings (SSSR count). The van der Waals surface area contributed by atoms with Crippen molar-refractivity contribution in [2.45, 2.75) is 37.8 Å². The number of carbonyl (C=O) groups is 1. The van der Waals surface area contributed by atoms with Gasteiger partial charge in [0.15, 0.2) is 6.10 Å². The van der Waals surface area contributed by atoms with Crippen LogP contribution in [0, 0.1) is 6.92 Å². The van der Waals surface area contributed by atoms with E-state index < -0.39 is 16.1 Å². The average molecular weight is 374 g/mol. The summed E-state index contributed by atoms with van der Waals surface area (Å²) in [4.78, 5) is 12.6. The van der Waals surface area contributed by atoms with Crippen molar-refractivity contribution < 1.29 is 17.9 Å². The minimum Gasteiger partial charge on any atom is -0.476 e. The molecule has 0 saturated heterocycles. The molecular formula is C19H22N2O4S. The van der Waals surface area contributed by atoms with E-state index in [0.717, 1.165) is 5.56 Å². The van der Waals surface area contributed by atoms with E-state index >= 15 is 0 Å². The van der Waals surface area contributed by atoms with Crippen molar-refractivity contribution in [3.63, 3.8) is 0 Å². The van der Waals surface area contributed by atoms with E-state index in [0.29, 0.717) is 11.4 Å². The van der Waals surface area contributed by atoms with Gasteiger partial charge in [0.05, 0.1) is 17.1 Å². The molecule has 0 unspecified atom stereocenters. The van der Waals surface area contributed by atoms with Crippen LogP contribution in [-0.2, 0) is 14.8 Å². The molecule has 1 aliphatic heterocycles. The van der Waals surface area contributed by atoms with Crippen LogP contribution in [0.15, 0.2) is 53.4 Å². The Morgan fingerprint density at radius 3 is 2.46 bits per heavy atom. The molecule has 0 aliphatic carbocycles. The molecule has 6 nitrogen and oxygen atoms in total. The van der Waals surface area contributed by atoms with Gasteiger partial charge in [0.1, 0.15) is 5.75 Å². The Bertz CT molecular complexity index is 907. The van der Waals surface area contributed by atoms with Gasteiger partial charge < -0.3 is 10.1 Å². The van der Waals surface area contributed by atoms with Crippen molar-refractivity contribution in [2.75, 3.05) is 10.8 Å². The molecule has 0 bridgehead atoms. The molecule has 1 aliphatic rings. The lowest BCUT2D eigenvalue weighted by atomic mass is 10.2. The summed E-state index contributed by atoms with van der Waals surface area (Å²) in [6, 6.07) is 13.4. The third-order valence-corrected chi connectivity index (χ3v) is 5.86. The third-order valence-electron chi connectivity index (χ3n) is 4.07. The van der Waals surface area contributed by atoms with Crippen LogP contribution in [0.5, 0.6) is 5.75 Å². The second-order valence-electron chi connectivity index (χ2n) is 6.59. The van der Waals surface area contributed by atoms with Gasteiger partial charge in [-0.1, -0.05) is 29.8 Å². The normalized spacial score (nSPS) is 16.8. The van der Waals surface area contributed by atoms with Crippen LogP contribution in [0.2, 0.25) is 0 Å². The Morgan fingerprint density at radius 2 is 1.81 bits per heavy atom. The maximum Gasteiger partial charge on any atom is 0.264 e. The summed E-state index contributed by atoms with van der Waals surface area (Å²) in [7, 11) is -3.81. The highest BCUT2D eigenvalue weighted by Gasteiger charge is 2.37. The van der Waals surface area contributed by atoms with Crippen LogP contribution < -0.4 is 14.4 Å². The maximum atomic E-state index is 13.2. The summed E-state index contributed by atoms with van der Waals surface area (Å²) >= 11 is 0. The van der Waals surface area contributed by atoms with E-state index in [9.17, 15) is 13.2 Å². The molecule has 2 aromatic rings. The van der Waals surface area contributed by atoms with E-state index in [-0.39, 0.29) is 23.4 Å². The second kappa shape index (κ2) is 6.99. The summed E-state index contributed by atoms with van der Waals surface area (Å²) in [5.41, 5.74) is 1.40. The number of nitrogens with one attached hydrogen (secondary N) is 1. The monoisotopic (exact) mass is 374 g/mol. The van der Waals surface area contributed by atoms with Crippen molar-refractivity contribution in [1.82, 2.24) is 5.32 Å². The molecule has 0 aromatic heterocycles. The number of sulfonamides is 1. The Balaban J connectivity index is 2.01. The quantitative estimate of drug-likeness (QED) is 0.892. The molecule has 0 radical (unpaired) electrons. The number of aryl methyl sites for hydroxylation is 1. The van der Waals surface area contributed by atoms with Crippen molar-refractivity contribution in [3.05, 3.63) is 54.1 Å². The minimum absolute atomic E-state index is 0.0644. The third kappa shape index (κ3) is 3.53. The number of para-hydroxylation sites is 2. The van der Waals surface area contributed by atoms with Crippen molar-refractivity contribution in [2.24, 2.45) is 0 Å². The molecule has 26 heavy (non-hydrogen) atoms. The zero-order valence-electron chi connectivity index (χ0n) is 15.0. The molecule has 138 valence electrons. The van der Waals surface area contributed by atoms with Crippen LogP contribution in [0.4, 0.5) is 5.69 Å². The predicted molar refractivity (Wildman–Crippen MR) is 99.8 cm³/mol. The fourth-order valence-electron chi connectivity index (χ4n) is 2.78. The van der Waals surface area contributed by atoms with Crippen LogP contribution in [0.25, 0.3) is 0 Å². The molecule has 0 spiro atoms. The van der Waals surface area contributed by atoms with Crippen LogP contribution >= 0.6 is 0 Å². The molecule has 1 N–H and O–H groups in total. The topological polar surface area (TPSA) is 75.7 Å². The van der Waals surface area contributed by atoms with Gasteiger partial charge in [0, 0.05) is 6.04 Å². The molecule has 1 amide bonds. The molecule has 0 fully saturated rings. The zero-order valence-corrected chi connectivity index (χ0v) is 15.8. The maximum absolute atomic E-state index is 13.2. The summed E-state index contributed by atoms with van der Waals surface area (Å²) in [5.74, 6) is 0.0388. The van der Waals surface area contributed by atoms with Gasteiger partial charge in [-0.05, 0) is 45.0 Å². The van der Waals surface area contributed by atoms with Crippen LogP contribution in [0.3, 0.4) is 0 Å². The SMILES string of the molecule is Cc1ccc(S(=O)(=O)N2C[C@H](C(=O)NC(C)C)Oc3ccccc32)cc1. The Hall–Kier alpha value is -2.54. The largest absolute Gasteiger partial charge is 0.476 e. The lowest BCUT2D eigenvalue weighted by molar-refractivity contribution is -0.128. The van der Waals surface area contributed by atoms with Crippen molar-refractivity contribution in [1.29, 1.82) is 0 Å². The summed E-state index contributed by atoms with van der Waals surface area (Å²) in [6.45, 7) is 5.50. The van der Waals surface area contributed by atoms with Crippen molar-refractivity contribution in [3.8, 4) is 5.75 Å².